The summed E-state index contributed by atoms with van der Waals surface area (Å²) in [6, 6.07) is 9.04. The van der Waals surface area contributed by atoms with Crippen LogP contribution in [0, 0.1) is 0 Å². The molecule has 1 fully saturated rings. The molecule has 3 rings (SSSR count). The van der Waals surface area contributed by atoms with E-state index in [9.17, 15) is 0 Å². The van der Waals surface area contributed by atoms with E-state index in [0.717, 1.165) is 6.42 Å². The number of hydrogen-bond acceptors (Lipinski definition) is 2. The quantitative estimate of drug-likeness (QED) is 0.598. The summed E-state index contributed by atoms with van der Waals surface area (Å²) in [6.45, 7) is 2.07. The smallest absolute Gasteiger partial charge is 0.377 e. The zero-order valence-corrected chi connectivity index (χ0v) is 7.66. The van der Waals surface area contributed by atoms with Crippen LogP contribution in [0.4, 0.5) is 0 Å². The molecule has 1 aliphatic heterocycles. The molecule has 0 aromatic heterocycles. The molecule has 1 aliphatic carbocycles. The average Bonchev–Trinajstić information content (AvgIpc) is 2.60. The minimum absolute atomic E-state index is 0.211. The first-order chi connectivity index (χ1) is 6.34. The van der Waals surface area contributed by atoms with Crippen molar-refractivity contribution < 1.29 is 4.65 Å². The van der Waals surface area contributed by atoms with E-state index >= 15 is 0 Å². The van der Waals surface area contributed by atoms with Gasteiger partial charge in [-0.25, -0.2) is 0 Å². The van der Waals surface area contributed by atoms with E-state index in [0.29, 0.717) is 12.1 Å². The molecular formula is C10H12BNO. The third-order valence-corrected chi connectivity index (χ3v) is 2.98. The van der Waals surface area contributed by atoms with Crippen molar-refractivity contribution in [1.29, 1.82) is 0 Å². The zero-order chi connectivity index (χ0) is 8.84. The van der Waals surface area contributed by atoms with Crippen molar-refractivity contribution >= 4 is 7.05 Å². The van der Waals surface area contributed by atoms with Gasteiger partial charge in [0.2, 0.25) is 0 Å². The summed E-state index contributed by atoms with van der Waals surface area (Å²) >= 11 is 0. The lowest BCUT2D eigenvalue weighted by molar-refractivity contribution is 0.226. The molecule has 2 nitrogen and oxygen atoms in total. The fourth-order valence-corrected chi connectivity index (χ4v) is 2.44. The molecule has 0 saturated carbocycles. The summed E-state index contributed by atoms with van der Waals surface area (Å²) in [6.07, 6.45) is 1.44. The SMILES string of the molecule is CB1N[C@@H]2c3ccccc3C[C@@H]2O1. The predicted molar refractivity (Wildman–Crippen MR) is 52.5 cm³/mol. The third kappa shape index (κ3) is 1.04. The molecule has 1 saturated heterocycles. The van der Waals surface area contributed by atoms with E-state index in [4.69, 9.17) is 4.65 Å². The molecule has 13 heavy (non-hydrogen) atoms. The number of fused-ring (bicyclic) bond motifs is 3. The maximum atomic E-state index is 5.76. The second kappa shape index (κ2) is 2.60. The molecular weight excluding hydrogens is 161 g/mol. The topological polar surface area (TPSA) is 21.3 Å². The summed E-state index contributed by atoms with van der Waals surface area (Å²) < 4.78 is 5.76. The van der Waals surface area contributed by atoms with Gasteiger partial charge >= 0.3 is 7.05 Å². The highest BCUT2D eigenvalue weighted by Crippen LogP contribution is 2.36. The van der Waals surface area contributed by atoms with Crippen molar-refractivity contribution in [1.82, 2.24) is 5.23 Å². The van der Waals surface area contributed by atoms with Crippen molar-refractivity contribution in [3.63, 3.8) is 0 Å². The average molecular weight is 173 g/mol. The zero-order valence-electron chi connectivity index (χ0n) is 7.66. The van der Waals surface area contributed by atoms with E-state index in [1.807, 2.05) is 0 Å². The fourth-order valence-electron chi connectivity index (χ4n) is 2.44. The summed E-state index contributed by atoms with van der Waals surface area (Å²) in [5, 5.41) is 3.45. The first-order valence-electron chi connectivity index (χ1n) is 4.84. The normalized spacial score (nSPS) is 30.4. The molecule has 0 radical (unpaired) electrons. The van der Waals surface area contributed by atoms with Crippen molar-refractivity contribution in [2.75, 3.05) is 0 Å². The number of rotatable bonds is 0. The molecule has 0 amide bonds. The van der Waals surface area contributed by atoms with Crippen LogP contribution >= 0.6 is 0 Å². The van der Waals surface area contributed by atoms with Gasteiger partial charge < -0.3 is 9.88 Å². The van der Waals surface area contributed by atoms with Crippen LogP contribution in [0.15, 0.2) is 24.3 Å². The molecule has 1 aromatic carbocycles. The molecule has 1 N–H and O–H groups in total. The number of benzene rings is 1. The summed E-state index contributed by atoms with van der Waals surface area (Å²) in [4.78, 5) is 0. The van der Waals surface area contributed by atoms with E-state index in [1.54, 1.807) is 0 Å². The Labute approximate surface area is 78.4 Å². The summed E-state index contributed by atoms with van der Waals surface area (Å²) in [5.74, 6) is 0. The third-order valence-electron chi connectivity index (χ3n) is 2.98. The van der Waals surface area contributed by atoms with Crippen molar-refractivity contribution in [2.45, 2.75) is 25.4 Å². The van der Waals surface area contributed by atoms with Gasteiger partial charge in [0.15, 0.2) is 0 Å². The molecule has 0 bridgehead atoms. The Bertz CT molecular complexity index is 341. The Morgan fingerprint density at radius 2 is 2.31 bits per heavy atom. The monoisotopic (exact) mass is 173 g/mol. The van der Waals surface area contributed by atoms with Crippen LogP contribution in [-0.4, -0.2) is 13.2 Å². The first-order valence-corrected chi connectivity index (χ1v) is 4.84. The van der Waals surface area contributed by atoms with Crippen LogP contribution in [0.1, 0.15) is 17.2 Å². The maximum absolute atomic E-state index is 5.76. The second-order valence-electron chi connectivity index (χ2n) is 3.86. The van der Waals surface area contributed by atoms with Crippen LogP contribution in [0.3, 0.4) is 0 Å². The lowest BCUT2D eigenvalue weighted by Gasteiger charge is -2.08. The minimum atomic E-state index is 0.211. The minimum Gasteiger partial charge on any atom is -0.416 e. The van der Waals surface area contributed by atoms with Crippen LogP contribution in [0.5, 0.6) is 0 Å². The Kier molecular flexibility index (Phi) is 1.52. The largest absolute Gasteiger partial charge is 0.416 e. The summed E-state index contributed by atoms with van der Waals surface area (Å²) in [7, 11) is 0.211. The van der Waals surface area contributed by atoms with Gasteiger partial charge in [-0.1, -0.05) is 24.3 Å². The van der Waals surface area contributed by atoms with Gasteiger partial charge in [-0.3, -0.25) is 0 Å². The van der Waals surface area contributed by atoms with E-state index in [2.05, 4.69) is 36.3 Å². The molecule has 2 aliphatic rings. The van der Waals surface area contributed by atoms with Crippen LogP contribution in [-0.2, 0) is 11.1 Å². The molecule has 1 aromatic rings. The lowest BCUT2D eigenvalue weighted by atomic mass is 9.88. The summed E-state index contributed by atoms with van der Waals surface area (Å²) in [5.41, 5.74) is 2.87. The predicted octanol–water partition coefficient (Wildman–Crippen LogP) is 1.39. The number of nitrogens with one attached hydrogen (secondary N) is 1. The van der Waals surface area contributed by atoms with E-state index in [-0.39, 0.29) is 7.05 Å². The van der Waals surface area contributed by atoms with Crippen LogP contribution in [0.25, 0.3) is 0 Å². The van der Waals surface area contributed by atoms with Gasteiger partial charge in [0, 0.05) is 6.04 Å². The molecule has 0 unspecified atom stereocenters. The Hall–Kier alpha value is -0.795. The van der Waals surface area contributed by atoms with Gasteiger partial charge in [-0.05, 0) is 24.4 Å². The van der Waals surface area contributed by atoms with Gasteiger partial charge in [-0.15, -0.1) is 0 Å². The van der Waals surface area contributed by atoms with Gasteiger partial charge in [-0.2, -0.15) is 0 Å². The van der Waals surface area contributed by atoms with E-state index < -0.39 is 0 Å². The van der Waals surface area contributed by atoms with Crippen LogP contribution in [0.2, 0.25) is 6.82 Å². The van der Waals surface area contributed by atoms with Crippen LogP contribution < -0.4 is 5.23 Å². The molecule has 0 spiro atoms. The lowest BCUT2D eigenvalue weighted by Crippen LogP contribution is -2.26. The Balaban J connectivity index is 2.02. The van der Waals surface area contributed by atoms with Gasteiger partial charge in [0.25, 0.3) is 0 Å². The Morgan fingerprint density at radius 3 is 3.23 bits per heavy atom. The molecule has 2 atom stereocenters. The molecule has 66 valence electrons. The highest BCUT2D eigenvalue weighted by Gasteiger charge is 2.40. The first kappa shape index (κ1) is 7.59. The highest BCUT2D eigenvalue weighted by molar-refractivity contribution is 6.48. The molecule has 1 heterocycles. The standard InChI is InChI=1S/C10H12BNO/c1-11-12-10-8-5-3-2-4-7(8)6-9(10)13-11/h2-5,9-10,12H,6H2,1H3/t9-,10+/m0/s1. The number of hydrogen-bond donors (Lipinski definition) is 1. The van der Waals surface area contributed by atoms with Gasteiger partial charge in [0.05, 0.1) is 6.10 Å². The van der Waals surface area contributed by atoms with Crippen molar-refractivity contribution in [3.05, 3.63) is 35.4 Å². The highest BCUT2D eigenvalue weighted by atomic mass is 16.5. The van der Waals surface area contributed by atoms with Crippen molar-refractivity contribution in [3.8, 4) is 0 Å². The van der Waals surface area contributed by atoms with Gasteiger partial charge in [0.1, 0.15) is 0 Å². The molecule has 3 heteroatoms. The Morgan fingerprint density at radius 1 is 1.46 bits per heavy atom. The van der Waals surface area contributed by atoms with Crippen molar-refractivity contribution in [2.24, 2.45) is 0 Å². The fraction of sp³-hybridized carbons (Fsp3) is 0.400. The maximum Gasteiger partial charge on any atom is 0.377 e. The second-order valence-corrected chi connectivity index (χ2v) is 3.86. The van der Waals surface area contributed by atoms with E-state index in [1.165, 1.54) is 11.1 Å².